The van der Waals surface area contributed by atoms with Crippen molar-refractivity contribution in [2.75, 3.05) is 6.54 Å². The maximum atomic E-state index is 12.6. The number of rotatable bonds is 6. The van der Waals surface area contributed by atoms with Crippen LogP contribution in [0, 0.1) is 0 Å². The Hall–Kier alpha value is -1.01. The summed E-state index contributed by atoms with van der Waals surface area (Å²) in [7, 11) is 0. The molecule has 21 heavy (non-hydrogen) atoms. The van der Waals surface area contributed by atoms with Gasteiger partial charge in [-0.05, 0) is 40.7 Å². The van der Waals surface area contributed by atoms with Crippen LogP contribution in [0.5, 0.6) is 0 Å². The van der Waals surface area contributed by atoms with E-state index in [0.29, 0.717) is 12.3 Å². The van der Waals surface area contributed by atoms with Crippen LogP contribution in [-0.4, -0.2) is 29.2 Å². The molecule has 0 atom stereocenters. The molecule has 0 aliphatic heterocycles. The van der Waals surface area contributed by atoms with Crippen LogP contribution in [0.2, 0.25) is 0 Å². The molecular formula is C15H25F3N2O. The molecule has 0 aliphatic rings. The van der Waals surface area contributed by atoms with E-state index in [1.54, 1.807) is 19.9 Å². The Morgan fingerprint density at radius 3 is 2.33 bits per heavy atom. The van der Waals surface area contributed by atoms with Gasteiger partial charge in [0.15, 0.2) is 0 Å². The van der Waals surface area contributed by atoms with Gasteiger partial charge in [0, 0.05) is 23.7 Å². The third kappa shape index (κ3) is 7.00. The first kappa shape index (κ1) is 18.0. The first-order chi connectivity index (χ1) is 9.48. The van der Waals surface area contributed by atoms with Gasteiger partial charge in [-0.2, -0.15) is 13.2 Å². The average molecular weight is 306 g/mol. The van der Waals surface area contributed by atoms with Gasteiger partial charge >= 0.3 is 6.18 Å². The number of furan rings is 1. The van der Waals surface area contributed by atoms with Crippen LogP contribution in [0.1, 0.15) is 45.9 Å². The van der Waals surface area contributed by atoms with Crippen molar-refractivity contribution in [3.8, 4) is 0 Å². The van der Waals surface area contributed by atoms with Crippen LogP contribution in [0.25, 0.3) is 0 Å². The van der Waals surface area contributed by atoms with Gasteiger partial charge in [-0.1, -0.05) is 0 Å². The van der Waals surface area contributed by atoms with E-state index < -0.39 is 12.7 Å². The van der Waals surface area contributed by atoms with Crippen molar-refractivity contribution in [2.24, 2.45) is 0 Å². The van der Waals surface area contributed by atoms with E-state index in [0.717, 1.165) is 5.56 Å². The molecule has 0 bridgehead atoms. The van der Waals surface area contributed by atoms with Crippen LogP contribution >= 0.6 is 0 Å². The van der Waals surface area contributed by atoms with Crippen molar-refractivity contribution in [3.05, 3.63) is 23.7 Å². The first-order valence-electron chi connectivity index (χ1n) is 7.09. The zero-order chi connectivity index (χ0) is 16.3. The van der Waals surface area contributed by atoms with Crippen LogP contribution < -0.4 is 5.32 Å². The van der Waals surface area contributed by atoms with Crippen LogP contribution in [0.15, 0.2) is 16.7 Å². The second-order valence-electron chi connectivity index (χ2n) is 6.59. The highest BCUT2D eigenvalue weighted by atomic mass is 19.4. The molecule has 0 radical (unpaired) electrons. The Labute approximate surface area is 124 Å². The minimum Gasteiger partial charge on any atom is -0.468 e. The molecule has 1 N–H and O–H groups in total. The van der Waals surface area contributed by atoms with Crippen molar-refractivity contribution in [1.29, 1.82) is 0 Å². The maximum Gasteiger partial charge on any atom is 0.401 e. The highest BCUT2D eigenvalue weighted by molar-refractivity contribution is 5.17. The number of alkyl halides is 3. The van der Waals surface area contributed by atoms with Crippen LogP contribution in [0.3, 0.4) is 0 Å². The highest BCUT2D eigenvalue weighted by Gasteiger charge is 2.32. The summed E-state index contributed by atoms with van der Waals surface area (Å²) in [4.78, 5) is 1.39. The summed E-state index contributed by atoms with van der Waals surface area (Å²) < 4.78 is 43.3. The first-order valence-corrected chi connectivity index (χ1v) is 7.09. The molecule has 0 aliphatic carbocycles. The molecule has 0 saturated heterocycles. The summed E-state index contributed by atoms with van der Waals surface area (Å²) in [6, 6.07) is 1.55. The van der Waals surface area contributed by atoms with Gasteiger partial charge < -0.3 is 9.73 Å². The predicted molar refractivity (Wildman–Crippen MR) is 76.9 cm³/mol. The summed E-state index contributed by atoms with van der Waals surface area (Å²) in [6.07, 6.45) is -2.67. The standard InChI is InChI=1S/C15H25F3N2O/c1-11(2)20(10-15(16,17)18)9-12-6-7-21-13(12)8-19-14(3,4)5/h6-7,11,19H,8-10H2,1-5H3. The predicted octanol–water partition coefficient (Wildman–Crippen LogP) is 3.94. The SMILES string of the molecule is CC(C)N(Cc1ccoc1CNC(C)(C)C)CC(F)(F)F. The molecular weight excluding hydrogens is 281 g/mol. The third-order valence-electron chi connectivity index (χ3n) is 3.10. The normalized spacial score (nSPS) is 13.4. The fraction of sp³-hybridized carbons (Fsp3) is 0.733. The largest absolute Gasteiger partial charge is 0.468 e. The van der Waals surface area contributed by atoms with Gasteiger partial charge in [0.2, 0.25) is 0 Å². The minimum atomic E-state index is -4.20. The molecule has 1 aromatic rings. The molecule has 122 valence electrons. The average Bonchev–Trinajstić information content (AvgIpc) is 2.70. The number of nitrogens with one attached hydrogen (secondary N) is 1. The fourth-order valence-corrected chi connectivity index (χ4v) is 1.88. The van der Waals surface area contributed by atoms with Crippen molar-refractivity contribution < 1.29 is 17.6 Å². The fourth-order valence-electron chi connectivity index (χ4n) is 1.88. The Kier molecular flexibility index (Phi) is 5.87. The van der Waals surface area contributed by atoms with Gasteiger partial charge in [-0.25, -0.2) is 0 Å². The summed E-state index contributed by atoms with van der Waals surface area (Å²) in [6.45, 7) is 9.43. The van der Waals surface area contributed by atoms with Crippen molar-refractivity contribution in [1.82, 2.24) is 10.2 Å². The third-order valence-corrected chi connectivity index (χ3v) is 3.10. The Morgan fingerprint density at radius 1 is 1.24 bits per heavy atom. The molecule has 1 heterocycles. The second-order valence-corrected chi connectivity index (χ2v) is 6.59. The summed E-state index contributed by atoms with van der Waals surface area (Å²) in [5.41, 5.74) is 0.720. The number of hydrogen-bond acceptors (Lipinski definition) is 3. The lowest BCUT2D eigenvalue weighted by molar-refractivity contribution is -0.150. The maximum absolute atomic E-state index is 12.6. The van der Waals surface area contributed by atoms with E-state index in [1.165, 1.54) is 11.2 Å². The van der Waals surface area contributed by atoms with E-state index >= 15 is 0 Å². The van der Waals surface area contributed by atoms with Gasteiger partial charge in [0.25, 0.3) is 0 Å². The molecule has 3 nitrogen and oxygen atoms in total. The van der Waals surface area contributed by atoms with Gasteiger partial charge in [-0.15, -0.1) is 0 Å². The molecule has 0 unspecified atom stereocenters. The van der Waals surface area contributed by atoms with Gasteiger partial charge in [0.05, 0.1) is 19.4 Å². The number of nitrogens with zero attached hydrogens (tertiary/aromatic N) is 1. The van der Waals surface area contributed by atoms with E-state index in [9.17, 15) is 13.2 Å². The molecule has 0 aromatic carbocycles. The van der Waals surface area contributed by atoms with Crippen LogP contribution in [0.4, 0.5) is 13.2 Å². The zero-order valence-electron chi connectivity index (χ0n) is 13.3. The summed E-state index contributed by atoms with van der Waals surface area (Å²) >= 11 is 0. The molecule has 0 spiro atoms. The summed E-state index contributed by atoms with van der Waals surface area (Å²) in [5.74, 6) is 0.692. The smallest absolute Gasteiger partial charge is 0.401 e. The number of halogens is 3. The highest BCUT2D eigenvalue weighted by Crippen LogP contribution is 2.22. The summed E-state index contributed by atoms with van der Waals surface area (Å²) in [5, 5.41) is 3.28. The Bertz CT molecular complexity index is 433. The van der Waals surface area contributed by atoms with Crippen LogP contribution in [-0.2, 0) is 13.1 Å². The van der Waals surface area contributed by atoms with Gasteiger partial charge in [0.1, 0.15) is 5.76 Å². The van der Waals surface area contributed by atoms with E-state index in [2.05, 4.69) is 5.32 Å². The lowest BCUT2D eigenvalue weighted by Crippen LogP contribution is -2.39. The molecule has 1 rings (SSSR count). The molecule has 0 amide bonds. The lowest BCUT2D eigenvalue weighted by atomic mass is 10.1. The van der Waals surface area contributed by atoms with Crippen molar-refractivity contribution >= 4 is 0 Å². The molecule has 0 saturated carbocycles. The Morgan fingerprint density at radius 2 is 1.86 bits per heavy atom. The topological polar surface area (TPSA) is 28.4 Å². The second kappa shape index (κ2) is 6.83. The Balaban J connectivity index is 2.74. The zero-order valence-corrected chi connectivity index (χ0v) is 13.3. The van der Waals surface area contributed by atoms with Crippen molar-refractivity contribution in [2.45, 2.75) is 65.5 Å². The minimum absolute atomic E-state index is 0.0756. The van der Waals surface area contributed by atoms with E-state index in [-0.39, 0.29) is 18.1 Å². The van der Waals surface area contributed by atoms with E-state index in [1.807, 2.05) is 20.8 Å². The lowest BCUT2D eigenvalue weighted by Gasteiger charge is -2.27. The molecule has 0 fully saturated rings. The van der Waals surface area contributed by atoms with Crippen molar-refractivity contribution in [3.63, 3.8) is 0 Å². The quantitative estimate of drug-likeness (QED) is 0.863. The van der Waals surface area contributed by atoms with Gasteiger partial charge in [-0.3, -0.25) is 4.90 Å². The molecule has 1 aromatic heterocycles. The number of hydrogen-bond donors (Lipinski definition) is 1. The van der Waals surface area contributed by atoms with E-state index in [4.69, 9.17) is 4.42 Å². The monoisotopic (exact) mass is 306 g/mol. The molecule has 6 heteroatoms.